The van der Waals surface area contributed by atoms with Crippen molar-refractivity contribution in [2.45, 2.75) is 46.0 Å². The van der Waals surface area contributed by atoms with Crippen molar-refractivity contribution in [3.8, 4) is 0 Å². The average Bonchev–Trinajstić information content (AvgIpc) is 2.80. The Morgan fingerprint density at radius 3 is 1.67 bits per heavy atom. The van der Waals surface area contributed by atoms with Crippen molar-refractivity contribution >= 4 is 5.97 Å². The van der Waals surface area contributed by atoms with Gasteiger partial charge < -0.3 is 5.11 Å². The summed E-state index contributed by atoms with van der Waals surface area (Å²) in [5.41, 5.74) is 0.269. The summed E-state index contributed by atoms with van der Waals surface area (Å²) in [4.78, 5) is 10.0. The Labute approximate surface area is 92.4 Å². The van der Waals surface area contributed by atoms with Crippen LogP contribution in [-0.2, 0) is 4.79 Å². The van der Waals surface area contributed by atoms with Crippen LogP contribution in [0, 0.1) is 17.8 Å². The second-order valence-electron chi connectivity index (χ2n) is 5.11. The molecule has 2 heteroatoms. The summed E-state index contributed by atoms with van der Waals surface area (Å²) in [6, 6.07) is 0. The molecular formula is C13H22O2. The van der Waals surface area contributed by atoms with E-state index in [9.17, 15) is 4.79 Å². The molecule has 0 heterocycles. The Balaban J connectivity index is 0.000000150. The molecule has 2 aliphatic carbocycles. The maximum absolute atomic E-state index is 10.0. The summed E-state index contributed by atoms with van der Waals surface area (Å²) in [7, 11) is 0. The molecule has 2 saturated carbocycles. The van der Waals surface area contributed by atoms with Crippen LogP contribution in [0.2, 0.25) is 0 Å². The largest absolute Gasteiger partial charge is 0.478 e. The van der Waals surface area contributed by atoms with E-state index in [2.05, 4.69) is 6.58 Å². The van der Waals surface area contributed by atoms with Crippen molar-refractivity contribution in [2.75, 3.05) is 0 Å². The number of carboxylic acids is 1. The van der Waals surface area contributed by atoms with Gasteiger partial charge in [0.25, 0.3) is 0 Å². The molecule has 2 rings (SSSR count). The third kappa shape index (κ3) is 3.69. The molecule has 0 unspecified atom stereocenters. The minimum absolute atomic E-state index is 0.0486. The predicted octanol–water partition coefficient (Wildman–Crippen LogP) is 3.48. The normalized spacial score (nSPS) is 27.4. The summed E-state index contributed by atoms with van der Waals surface area (Å²) in [5.74, 6) is 1.49. The van der Waals surface area contributed by atoms with Gasteiger partial charge in [-0.15, -0.1) is 0 Å². The molecule has 2 bridgehead atoms. The lowest BCUT2D eigenvalue weighted by Crippen LogP contribution is -2.04. The molecule has 2 nitrogen and oxygen atoms in total. The van der Waals surface area contributed by atoms with E-state index >= 15 is 0 Å². The number of carbonyl (C=O) groups is 1. The molecule has 0 saturated heterocycles. The second kappa shape index (κ2) is 5.34. The molecular weight excluding hydrogens is 188 g/mol. The van der Waals surface area contributed by atoms with Crippen LogP contribution in [0.5, 0.6) is 0 Å². The van der Waals surface area contributed by atoms with Crippen molar-refractivity contribution in [1.82, 2.24) is 0 Å². The van der Waals surface area contributed by atoms with Crippen LogP contribution in [0.25, 0.3) is 0 Å². The second-order valence-corrected chi connectivity index (χ2v) is 5.11. The molecule has 0 aromatic rings. The summed E-state index contributed by atoms with van der Waals surface area (Å²) >= 11 is 0. The van der Waals surface area contributed by atoms with E-state index in [1.807, 2.05) is 0 Å². The van der Waals surface area contributed by atoms with Crippen LogP contribution in [-0.4, -0.2) is 11.1 Å². The number of carboxylic acid groups (broad SMARTS) is 1. The van der Waals surface area contributed by atoms with Gasteiger partial charge in [0, 0.05) is 5.57 Å². The van der Waals surface area contributed by atoms with Gasteiger partial charge in [0.2, 0.25) is 0 Å². The molecule has 2 aliphatic rings. The molecule has 0 aromatic heterocycles. The van der Waals surface area contributed by atoms with Crippen LogP contribution < -0.4 is 0 Å². The molecule has 0 aromatic carbocycles. The van der Waals surface area contributed by atoms with Gasteiger partial charge in [-0.2, -0.15) is 0 Å². The van der Waals surface area contributed by atoms with Crippen LogP contribution in [0.1, 0.15) is 46.0 Å². The zero-order chi connectivity index (χ0) is 11.4. The van der Waals surface area contributed by atoms with Crippen LogP contribution >= 0.6 is 0 Å². The highest BCUT2D eigenvalue weighted by Gasteiger charge is 2.30. The smallest absolute Gasteiger partial charge is 0.331 e. The Bertz CT molecular complexity index is 225. The van der Waals surface area contributed by atoms with E-state index < -0.39 is 5.97 Å². The van der Waals surface area contributed by atoms with E-state index in [0.29, 0.717) is 0 Å². The highest BCUT2D eigenvalue weighted by Crippen LogP contribution is 2.43. The standard InChI is InChI=1S/C7H12.C6H10O2/c1-2-7-4-3-6(1)5-7;1-4(2)5(3)6(7)8/h6-7H,1-5H2;4H,3H2,1-2H3,(H,7,8). The Morgan fingerprint density at radius 1 is 1.20 bits per heavy atom. The lowest BCUT2D eigenvalue weighted by molar-refractivity contribution is -0.133. The molecule has 0 atom stereocenters. The third-order valence-electron chi connectivity index (χ3n) is 3.60. The van der Waals surface area contributed by atoms with Crippen LogP contribution in [0.15, 0.2) is 12.2 Å². The Morgan fingerprint density at radius 2 is 1.60 bits per heavy atom. The molecule has 1 N–H and O–H groups in total. The van der Waals surface area contributed by atoms with Crippen molar-refractivity contribution in [1.29, 1.82) is 0 Å². The van der Waals surface area contributed by atoms with E-state index in [0.717, 1.165) is 0 Å². The van der Waals surface area contributed by atoms with E-state index in [4.69, 9.17) is 5.11 Å². The van der Waals surface area contributed by atoms with Crippen molar-refractivity contribution in [3.63, 3.8) is 0 Å². The fraction of sp³-hybridized carbons (Fsp3) is 0.769. The van der Waals surface area contributed by atoms with Gasteiger partial charge >= 0.3 is 5.97 Å². The number of aliphatic carboxylic acids is 1. The Kier molecular flexibility index (Phi) is 4.37. The quantitative estimate of drug-likeness (QED) is 0.708. The number of fused-ring (bicyclic) bond motifs is 2. The van der Waals surface area contributed by atoms with Crippen LogP contribution in [0.3, 0.4) is 0 Å². The van der Waals surface area contributed by atoms with Gasteiger partial charge in [0.1, 0.15) is 0 Å². The van der Waals surface area contributed by atoms with E-state index in [1.165, 1.54) is 11.8 Å². The molecule has 0 amide bonds. The first-order valence-corrected chi connectivity index (χ1v) is 5.92. The van der Waals surface area contributed by atoms with E-state index in [1.54, 1.807) is 46.0 Å². The molecule has 0 spiro atoms. The van der Waals surface area contributed by atoms with Crippen molar-refractivity contribution < 1.29 is 9.90 Å². The lowest BCUT2D eigenvalue weighted by Gasteiger charge is -2.05. The lowest BCUT2D eigenvalue weighted by atomic mass is 10.0. The maximum Gasteiger partial charge on any atom is 0.331 e. The summed E-state index contributed by atoms with van der Waals surface area (Å²) < 4.78 is 0. The monoisotopic (exact) mass is 210 g/mol. The van der Waals surface area contributed by atoms with Gasteiger partial charge in [0.05, 0.1) is 0 Å². The zero-order valence-corrected chi connectivity index (χ0v) is 9.83. The molecule has 86 valence electrons. The molecule has 2 fully saturated rings. The SMILES string of the molecule is C1CC2CCC1C2.C=C(C(=O)O)C(C)C. The first kappa shape index (κ1) is 12.3. The van der Waals surface area contributed by atoms with E-state index in [-0.39, 0.29) is 11.5 Å². The average molecular weight is 210 g/mol. The van der Waals surface area contributed by atoms with Crippen LogP contribution in [0.4, 0.5) is 0 Å². The number of rotatable bonds is 2. The number of hydrogen-bond acceptors (Lipinski definition) is 1. The third-order valence-corrected chi connectivity index (χ3v) is 3.60. The van der Waals surface area contributed by atoms with Gasteiger partial charge in [-0.1, -0.05) is 46.1 Å². The maximum atomic E-state index is 10.0. The minimum Gasteiger partial charge on any atom is -0.478 e. The minimum atomic E-state index is -0.903. The Hall–Kier alpha value is -0.790. The van der Waals surface area contributed by atoms with Gasteiger partial charge in [-0.05, 0) is 24.2 Å². The summed E-state index contributed by atoms with van der Waals surface area (Å²) in [6.45, 7) is 6.96. The van der Waals surface area contributed by atoms with Gasteiger partial charge in [-0.3, -0.25) is 0 Å². The topological polar surface area (TPSA) is 37.3 Å². The summed E-state index contributed by atoms with van der Waals surface area (Å²) in [6.07, 6.45) is 7.82. The van der Waals surface area contributed by atoms with Crippen molar-refractivity contribution in [2.24, 2.45) is 17.8 Å². The highest BCUT2D eigenvalue weighted by atomic mass is 16.4. The first-order chi connectivity index (χ1) is 7.00. The van der Waals surface area contributed by atoms with Gasteiger partial charge in [0.15, 0.2) is 0 Å². The molecule has 0 radical (unpaired) electrons. The fourth-order valence-corrected chi connectivity index (χ4v) is 2.42. The van der Waals surface area contributed by atoms with Gasteiger partial charge in [-0.25, -0.2) is 4.79 Å². The number of hydrogen-bond donors (Lipinski definition) is 1. The predicted molar refractivity (Wildman–Crippen MR) is 61.7 cm³/mol. The zero-order valence-electron chi connectivity index (χ0n) is 9.83. The molecule has 0 aliphatic heterocycles. The summed E-state index contributed by atoms with van der Waals surface area (Å²) in [5, 5.41) is 8.25. The van der Waals surface area contributed by atoms with Crippen molar-refractivity contribution in [3.05, 3.63) is 12.2 Å². The highest BCUT2D eigenvalue weighted by molar-refractivity contribution is 5.86. The molecule has 15 heavy (non-hydrogen) atoms. The first-order valence-electron chi connectivity index (χ1n) is 5.92. The fourth-order valence-electron chi connectivity index (χ4n) is 2.42.